The maximum atomic E-state index is 5.87. The van der Waals surface area contributed by atoms with Gasteiger partial charge in [0, 0.05) is 20.2 Å². The van der Waals surface area contributed by atoms with Crippen LogP contribution in [0.3, 0.4) is 0 Å². The molecule has 0 nitrogen and oxygen atoms in total. The first kappa shape index (κ1) is 11.7. The molecule has 92 valence electrons. The molecule has 2 radical (unpaired) electrons. The standard InChI is InChI=1S/C18H11BS/c19-14-7-9-16-15-8-6-13(12-4-2-1-3-5-12)10-17(15)20-18(16)11-14/h1-11H. The Morgan fingerprint density at radius 1 is 0.650 bits per heavy atom. The molecule has 4 aromatic rings. The molecule has 0 spiro atoms. The summed E-state index contributed by atoms with van der Waals surface area (Å²) in [6.07, 6.45) is 0. The van der Waals surface area contributed by atoms with Crippen LogP contribution in [0.5, 0.6) is 0 Å². The summed E-state index contributed by atoms with van der Waals surface area (Å²) in [6.45, 7) is 0. The van der Waals surface area contributed by atoms with Crippen LogP contribution in [0.1, 0.15) is 0 Å². The normalized spacial score (nSPS) is 11.2. The highest BCUT2D eigenvalue weighted by Crippen LogP contribution is 2.35. The smallest absolute Gasteiger partial charge is 0.113 e. The fourth-order valence-corrected chi connectivity index (χ4v) is 3.80. The molecule has 3 aromatic carbocycles. The molecule has 20 heavy (non-hydrogen) atoms. The van der Waals surface area contributed by atoms with Gasteiger partial charge in [0.2, 0.25) is 0 Å². The summed E-state index contributed by atoms with van der Waals surface area (Å²) in [5.74, 6) is 0. The van der Waals surface area contributed by atoms with Crippen molar-refractivity contribution in [2.24, 2.45) is 0 Å². The van der Waals surface area contributed by atoms with Crippen LogP contribution < -0.4 is 5.46 Å². The zero-order chi connectivity index (χ0) is 13.5. The summed E-state index contributed by atoms with van der Waals surface area (Å²) in [5, 5.41) is 2.60. The minimum Gasteiger partial charge on any atom is -0.135 e. The van der Waals surface area contributed by atoms with Crippen LogP contribution in [0.25, 0.3) is 31.3 Å². The van der Waals surface area contributed by atoms with Gasteiger partial charge in [-0.3, -0.25) is 0 Å². The van der Waals surface area contributed by atoms with E-state index in [1.54, 1.807) is 11.3 Å². The highest BCUT2D eigenvalue weighted by molar-refractivity contribution is 7.25. The number of rotatable bonds is 1. The van der Waals surface area contributed by atoms with E-state index < -0.39 is 0 Å². The third-order valence-corrected chi connectivity index (χ3v) is 4.72. The summed E-state index contributed by atoms with van der Waals surface area (Å²) in [7, 11) is 5.87. The number of hydrogen-bond donors (Lipinski definition) is 0. The van der Waals surface area contributed by atoms with Crippen LogP contribution in [-0.2, 0) is 0 Å². The average molecular weight is 270 g/mol. The van der Waals surface area contributed by atoms with Crippen molar-refractivity contribution in [3.8, 4) is 11.1 Å². The Kier molecular flexibility index (Phi) is 2.64. The molecule has 0 aliphatic carbocycles. The Hall–Kier alpha value is -2.06. The van der Waals surface area contributed by atoms with Gasteiger partial charge in [-0.05, 0) is 17.2 Å². The van der Waals surface area contributed by atoms with Crippen LogP contribution in [0.2, 0.25) is 0 Å². The molecule has 0 saturated carbocycles. The first-order valence-corrected chi connectivity index (χ1v) is 7.40. The molecule has 0 atom stereocenters. The van der Waals surface area contributed by atoms with Gasteiger partial charge in [-0.1, -0.05) is 66.1 Å². The largest absolute Gasteiger partial charge is 0.135 e. The Labute approximate surface area is 123 Å². The fraction of sp³-hybridized carbons (Fsp3) is 0. The molecule has 0 unspecified atom stereocenters. The molecule has 1 aromatic heterocycles. The molecule has 0 fully saturated rings. The quantitative estimate of drug-likeness (QED) is 0.446. The van der Waals surface area contributed by atoms with E-state index in [1.807, 2.05) is 12.1 Å². The molecule has 0 amide bonds. The fourth-order valence-electron chi connectivity index (χ4n) is 2.60. The summed E-state index contributed by atoms with van der Waals surface area (Å²) < 4.78 is 2.57. The van der Waals surface area contributed by atoms with E-state index in [0.29, 0.717) is 0 Å². The Bertz CT molecular complexity index is 907. The number of fused-ring (bicyclic) bond motifs is 3. The van der Waals surface area contributed by atoms with Gasteiger partial charge in [-0.2, -0.15) is 0 Å². The summed E-state index contributed by atoms with van der Waals surface area (Å²) in [4.78, 5) is 0. The first-order valence-electron chi connectivity index (χ1n) is 6.58. The van der Waals surface area contributed by atoms with Crippen LogP contribution in [0, 0.1) is 0 Å². The Balaban J connectivity index is 1.98. The van der Waals surface area contributed by atoms with Gasteiger partial charge in [0.15, 0.2) is 0 Å². The van der Waals surface area contributed by atoms with Gasteiger partial charge >= 0.3 is 0 Å². The predicted octanol–water partition coefficient (Wildman–Crippen LogP) is 4.52. The lowest BCUT2D eigenvalue weighted by Crippen LogP contribution is -1.98. The van der Waals surface area contributed by atoms with Gasteiger partial charge in [-0.25, -0.2) is 0 Å². The van der Waals surface area contributed by atoms with Crippen molar-refractivity contribution in [1.29, 1.82) is 0 Å². The van der Waals surface area contributed by atoms with Crippen molar-refractivity contribution in [3.63, 3.8) is 0 Å². The first-order chi connectivity index (χ1) is 9.81. The van der Waals surface area contributed by atoms with Crippen LogP contribution >= 0.6 is 11.3 Å². The van der Waals surface area contributed by atoms with Crippen molar-refractivity contribution < 1.29 is 0 Å². The van der Waals surface area contributed by atoms with E-state index in [9.17, 15) is 0 Å². The third-order valence-electron chi connectivity index (χ3n) is 3.60. The lowest BCUT2D eigenvalue weighted by molar-refractivity contribution is 1.66. The summed E-state index contributed by atoms with van der Waals surface area (Å²) >= 11 is 1.80. The van der Waals surface area contributed by atoms with E-state index in [1.165, 1.54) is 31.3 Å². The zero-order valence-corrected chi connectivity index (χ0v) is 11.7. The number of benzene rings is 3. The lowest BCUT2D eigenvalue weighted by atomic mass is 9.95. The second kappa shape index (κ2) is 4.50. The Morgan fingerprint density at radius 3 is 2.15 bits per heavy atom. The SMILES string of the molecule is [B]c1ccc2c(c1)sc1cc(-c3ccccc3)ccc12. The van der Waals surface area contributed by atoms with Crippen molar-refractivity contribution in [3.05, 3.63) is 66.7 Å². The molecule has 0 bridgehead atoms. The van der Waals surface area contributed by atoms with Crippen molar-refractivity contribution >= 4 is 44.8 Å². The van der Waals surface area contributed by atoms with E-state index >= 15 is 0 Å². The molecule has 0 N–H and O–H groups in total. The zero-order valence-electron chi connectivity index (χ0n) is 10.8. The van der Waals surface area contributed by atoms with E-state index in [4.69, 9.17) is 7.85 Å². The van der Waals surface area contributed by atoms with Crippen molar-refractivity contribution in [1.82, 2.24) is 0 Å². The maximum Gasteiger partial charge on any atom is 0.113 e. The molecule has 4 rings (SSSR count). The highest BCUT2D eigenvalue weighted by Gasteiger charge is 2.06. The van der Waals surface area contributed by atoms with Crippen LogP contribution in [0.4, 0.5) is 0 Å². The van der Waals surface area contributed by atoms with Gasteiger partial charge in [0.05, 0.1) is 0 Å². The van der Waals surface area contributed by atoms with E-state index in [2.05, 4.69) is 54.6 Å². The molecule has 1 heterocycles. The molecular formula is C18H11BS. The number of thiophene rings is 1. The topological polar surface area (TPSA) is 0 Å². The molecule has 0 aliphatic heterocycles. The Morgan fingerprint density at radius 2 is 1.35 bits per heavy atom. The van der Waals surface area contributed by atoms with Gasteiger partial charge < -0.3 is 0 Å². The summed E-state index contributed by atoms with van der Waals surface area (Å²) in [6, 6.07) is 23.3. The summed E-state index contributed by atoms with van der Waals surface area (Å²) in [5.41, 5.74) is 3.34. The van der Waals surface area contributed by atoms with Gasteiger partial charge in [0.1, 0.15) is 7.85 Å². The minimum atomic E-state index is 0.826. The van der Waals surface area contributed by atoms with Crippen molar-refractivity contribution in [2.75, 3.05) is 0 Å². The second-order valence-corrected chi connectivity index (χ2v) is 6.02. The molecular weight excluding hydrogens is 259 g/mol. The third kappa shape index (κ3) is 1.84. The highest BCUT2D eigenvalue weighted by atomic mass is 32.1. The lowest BCUT2D eigenvalue weighted by Gasteiger charge is -2.01. The van der Waals surface area contributed by atoms with Crippen LogP contribution in [-0.4, -0.2) is 7.85 Å². The minimum absolute atomic E-state index is 0.826. The van der Waals surface area contributed by atoms with Crippen molar-refractivity contribution in [2.45, 2.75) is 0 Å². The van der Waals surface area contributed by atoms with E-state index in [-0.39, 0.29) is 0 Å². The number of hydrogen-bond acceptors (Lipinski definition) is 1. The van der Waals surface area contributed by atoms with Crippen LogP contribution in [0.15, 0.2) is 66.7 Å². The van der Waals surface area contributed by atoms with Gasteiger partial charge in [0.25, 0.3) is 0 Å². The van der Waals surface area contributed by atoms with E-state index in [0.717, 1.165) is 5.46 Å². The van der Waals surface area contributed by atoms with Gasteiger partial charge in [-0.15, -0.1) is 11.3 Å². The predicted molar refractivity (Wildman–Crippen MR) is 90.2 cm³/mol. The maximum absolute atomic E-state index is 5.87. The average Bonchev–Trinajstić information content (AvgIpc) is 2.84. The monoisotopic (exact) mass is 270 g/mol. The second-order valence-electron chi connectivity index (χ2n) is 4.93. The molecule has 0 aliphatic rings. The molecule has 0 saturated heterocycles. The molecule has 2 heteroatoms.